The molecule has 0 spiro atoms. The van der Waals surface area contributed by atoms with Crippen LogP contribution in [0.15, 0.2) is 0 Å². The molecule has 0 aromatic rings. The zero-order valence-corrected chi connectivity index (χ0v) is 8.45. The fourth-order valence-electron chi connectivity index (χ4n) is 1.42. The first-order chi connectivity index (χ1) is 6.32. The predicted octanol–water partition coefficient (Wildman–Crippen LogP) is -0.936. The van der Waals surface area contributed by atoms with Crippen LogP contribution >= 0.6 is 0 Å². The highest BCUT2D eigenvalue weighted by atomic mass is 32.2. The van der Waals surface area contributed by atoms with E-state index in [1.165, 1.54) is 0 Å². The summed E-state index contributed by atoms with van der Waals surface area (Å²) in [6.07, 6.45) is 0.804. The summed E-state index contributed by atoms with van der Waals surface area (Å²) in [5.74, 6) is -1.49. The topological polar surface area (TPSA) is 91.8 Å². The molecule has 0 saturated carbocycles. The Balaban J connectivity index is 2.94. The Kier molecular flexibility index (Phi) is 2.91. The molecule has 0 aromatic carbocycles. The maximum absolute atomic E-state index is 11.2. The summed E-state index contributed by atoms with van der Waals surface area (Å²) in [6, 6.07) is -1.23. The third kappa shape index (κ3) is 2.30. The van der Waals surface area contributed by atoms with Gasteiger partial charge in [0.1, 0.15) is 11.8 Å². The number of sulfonamides is 1. The number of Topliss-reactive ketones (excluding diaryl/α,β-unsaturated/α-hetero) is 1. The van der Waals surface area contributed by atoms with Crippen molar-refractivity contribution in [2.75, 3.05) is 12.8 Å². The summed E-state index contributed by atoms with van der Waals surface area (Å²) in [5, 5.41) is 8.73. The Bertz CT molecular complexity index is 360. The third-order valence-electron chi connectivity index (χ3n) is 2.09. The molecule has 1 N–H and O–H groups in total. The van der Waals surface area contributed by atoms with Gasteiger partial charge >= 0.3 is 5.97 Å². The van der Waals surface area contributed by atoms with Crippen LogP contribution in [-0.4, -0.2) is 48.4 Å². The minimum absolute atomic E-state index is 0.0331. The molecule has 6 nitrogen and oxygen atoms in total. The molecule has 1 aliphatic rings. The van der Waals surface area contributed by atoms with Crippen molar-refractivity contribution in [3.63, 3.8) is 0 Å². The normalized spacial score (nSPS) is 24.9. The van der Waals surface area contributed by atoms with Gasteiger partial charge in [-0.05, 0) is 0 Å². The number of carboxylic acid groups (broad SMARTS) is 1. The SMILES string of the molecule is CS(=O)(=O)N1CCC(=O)CC1C(=O)O. The second-order valence-electron chi connectivity index (χ2n) is 3.22. The standard InChI is InChI=1S/C7H11NO5S/c1-14(12,13)8-3-2-5(9)4-6(8)7(10)11/h6H,2-4H2,1H3,(H,10,11). The van der Waals surface area contributed by atoms with Crippen LogP contribution in [0.5, 0.6) is 0 Å². The van der Waals surface area contributed by atoms with E-state index in [2.05, 4.69) is 0 Å². The van der Waals surface area contributed by atoms with Crippen LogP contribution in [0.3, 0.4) is 0 Å². The molecule has 0 radical (unpaired) electrons. The van der Waals surface area contributed by atoms with E-state index in [0.29, 0.717) is 0 Å². The smallest absolute Gasteiger partial charge is 0.322 e. The first-order valence-electron chi connectivity index (χ1n) is 4.03. The van der Waals surface area contributed by atoms with Gasteiger partial charge in [-0.3, -0.25) is 9.59 Å². The van der Waals surface area contributed by atoms with Gasteiger partial charge in [0.25, 0.3) is 0 Å². The second-order valence-corrected chi connectivity index (χ2v) is 5.16. The van der Waals surface area contributed by atoms with E-state index in [4.69, 9.17) is 5.11 Å². The van der Waals surface area contributed by atoms with Crippen LogP contribution in [0.4, 0.5) is 0 Å². The molecular weight excluding hydrogens is 210 g/mol. The van der Waals surface area contributed by atoms with Crippen LogP contribution < -0.4 is 0 Å². The molecule has 0 aliphatic carbocycles. The zero-order valence-electron chi connectivity index (χ0n) is 7.63. The van der Waals surface area contributed by atoms with Gasteiger partial charge in [-0.15, -0.1) is 0 Å². The highest BCUT2D eigenvalue weighted by Crippen LogP contribution is 2.17. The average molecular weight is 221 g/mol. The molecule has 1 rings (SSSR count). The number of carbonyl (C=O) groups excluding carboxylic acids is 1. The van der Waals surface area contributed by atoms with Gasteiger partial charge < -0.3 is 5.11 Å². The molecule has 14 heavy (non-hydrogen) atoms. The quantitative estimate of drug-likeness (QED) is 0.650. The molecule has 1 atom stereocenters. The van der Waals surface area contributed by atoms with Crippen molar-refractivity contribution in [3.8, 4) is 0 Å². The number of hydrogen-bond acceptors (Lipinski definition) is 4. The number of carbonyl (C=O) groups is 2. The molecule has 0 amide bonds. The zero-order chi connectivity index (χ0) is 10.9. The predicted molar refractivity (Wildman–Crippen MR) is 47.2 cm³/mol. The lowest BCUT2D eigenvalue weighted by atomic mass is 10.0. The lowest BCUT2D eigenvalue weighted by molar-refractivity contribution is -0.145. The molecule has 0 aromatic heterocycles. The maximum Gasteiger partial charge on any atom is 0.322 e. The summed E-state index contributed by atoms with van der Waals surface area (Å²) in [4.78, 5) is 21.7. The monoisotopic (exact) mass is 221 g/mol. The summed E-state index contributed by atoms with van der Waals surface area (Å²) < 4.78 is 23.2. The third-order valence-corrected chi connectivity index (χ3v) is 3.38. The Labute approximate surface area is 81.6 Å². The van der Waals surface area contributed by atoms with Crippen LogP contribution in [0.1, 0.15) is 12.8 Å². The van der Waals surface area contributed by atoms with E-state index in [0.717, 1.165) is 10.6 Å². The first kappa shape index (κ1) is 11.1. The van der Waals surface area contributed by atoms with Crippen LogP contribution in [0, 0.1) is 0 Å². The van der Waals surface area contributed by atoms with Gasteiger partial charge in [0.05, 0.1) is 6.26 Å². The lowest BCUT2D eigenvalue weighted by Gasteiger charge is -2.29. The number of hydrogen-bond donors (Lipinski definition) is 1. The van der Waals surface area contributed by atoms with Crippen LogP contribution in [0.25, 0.3) is 0 Å². The minimum Gasteiger partial charge on any atom is -0.480 e. The van der Waals surface area contributed by atoms with Gasteiger partial charge in [0, 0.05) is 19.4 Å². The number of aliphatic carboxylic acids is 1. The maximum atomic E-state index is 11.2. The average Bonchev–Trinajstić information content (AvgIpc) is 2.01. The lowest BCUT2D eigenvalue weighted by Crippen LogP contribution is -2.49. The second kappa shape index (κ2) is 3.66. The van der Waals surface area contributed by atoms with Crippen LogP contribution in [0.2, 0.25) is 0 Å². The van der Waals surface area contributed by atoms with Crippen molar-refractivity contribution in [3.05, 3.63) is 0 Å². The van der Waals surface area contributed by atoms with E-state index in [9.17, 15) is 18.0 Å². The van der Waals surface area contributed by atoms with Gasteiger partial charge in [0.2, 0.25) is 10.0 Å². The Morgan fingerprint density at radius 1 is 1.57 bits per heavy atom. The first-order valence-corrected chi connectivity index (χ1v) is 5.88. The summed E-state index contributed by atoms with van der Waals surface area (Å²) in [5.41, 5.74) is 0. The van der Waals surface area contributed by atoms with Crippen molar-refractivity contribution in [1.29, 1.82) is 0 Å². The van der Waals surface area contributed by atoms with E-state index in [-0.39, 0.29) is 25.2 Å². The highest BCUT2D eigenvalue weighted by molar-refractivity contribution is 7.88. The van der Waals surface area contributed by atoms with Crippen molar-refractivity contribution >= 4 is 21.8 Å². The van der Waals surface area contributed by atoms with Gasteiger partial charge in [0.15, 0.2) is 0 Å². The molecule has 7 heteroatoms. The van der Waals surface area contributed by atoms with Crippen molar-refractivity contribution in [2.24, 2.45) is 0 Å². The van der Waals surface area contributed by atoms with E-state index in [1.807, 2.05) is 0 Å². The number of carboxylic acids is 1. The highest BCUT2D eigenvalue weighted by Gasteiger charge is 2.37. The Morgan fingerprint density at radius 2 is 2.14 bits per heavy atom. The minimum atomic E-state index is -3.54. The van der Waals surface area contributed by atoms with E-state index in [1.54, 1.807) is 0 Å². The molecule has 0 bridgehead atoms. The molecule has 1 unspecified atom stereocenters. The van der Waals surface area contributed by atoms with E-state index >= 15 is 0 Å². The van der Waals surface area contributed by atoms with E-state index < -0.39 is 22.0 Å². The Morgan fingerprint density at radius 3 is 2.57 bits per heavy atom. The van der Waals surface area contributed by atoms with Crippen molar-refractivity contribution < 1.29 is 23.1 Å². The van der Waals surface area contributed by atoms with Gasteiger partial charge in [-0.1, -0.05) is 0 Å². The van der Waals surface area contributed by atoms with Crippen molar-refractivity contribution in [1.82, 2.24) is 4.31 Å². The fourth-order valence-corrected chi connectivity index (χ4v) is 2.47. The molecule has 1 fully saturated rings. The summed E-state index contributed by atoms with van der Waals surface area (Å²) in [6.45, 7) is -0.0331. The van der Waals surface area contributed by atoms with Gasteiger partial charge in [-0.25, -0.2) is 8.42 Å². The number of rotatable bonds is 2. The molecule has 1 saturated heterocycles. The fraction of sp³-hybridized carbons (Fsp3) is 0.714. The van der Waals surface area contributed by atoms with Crippen LogP contribution in [-0.2, 0) is 19.6 Å². The summed E-state index contributed by atoms with van der Waals surface area (Å²) in [7, 11) is -3.54. The van der Waals surface area contributed by atoms with Gasteiger partial charge in [-0.2, -0.15) is 4.31 Å². The Hall–Kier alpha value is -0.950. The molecule has 80 valence electrons. The number of nitrogens with zero attached hydrogens (tertiary/aromatic N) is 1. The molecular formula is C7H11NO5S. The number of piperidine rings is 1. The number of ketones is 1. The largest absolute Gasteiger partial charge is 0.480 e. The molecule has 1 aliphatic heterocycles. The molecule has 1 heterocycles. The van der Waals surface area contributed by atoms with Crippen molar-refractivity contribution in [2.45, 2.75) is 18.9 Å². The summed E-state index contributed by atoms with van der Waals surface area (Å²) >= 11 is 0.